The van der Waals surface area contributed by atoms with Crippen LogP contribution in [0.4, 0.5) is 0 Å². The maximum atomic E-state index is 11.1. The van der Waals surface area contributed by atoms with Gasteiger partial charge in [-0.3, -0.25) is 0 Å². The quantitative estimate of drug-likeness (QED) is 0.374. The van der Waals surface area contributed by atoms with Crippen LogP contribution in [0, 0.1) is 0 Å². The van der Waals surface area contributed by atoms with Crippen molar-refractivity contribution in [3.05, 3.63) is 12.2 Å². The maximum absolute atomic E-state index is 11.1. The zero-order valence-corrected chi connectivity index (χ0v) is 7.86. The second-order valence-electron chi connectivity index (χ2n) is 2.50. The Morgan fingerprint density at radius 2 is 2.18 bits per heavy atom. The van der Waals surface area contributed by atoms with Gasteiger partial charge >= 0.3 is 5.97 Å². The van der Waals surface area contributed by atoms with Gasteiger partial charge in [0.2, 0.25) is 0 Å². The van der Waals surface area contributed by atoms with Gasteiger partial charge in [-0.1, -0.05) is 6.58 Å². The maximum Gasteiger partial charge on any atom is 0.331 e. The Labute approximate surface area is 72.2 Å². The molecule has 0 bridgehead atoms. The summed E-state index contributed by atoms with van der Waals surface area (Å²) < 4.78 is 4.74. The van der Waals surface area contributed by atoms with Crippen LogP contribution < -0.4 is 0 Å². The Balaban J connectivity index is 4.30. The fourth-order valence-corrected chi connectivity index (χ4v) is 0.495. The smallest absolute Gasteiger partial charge is 0.331 e. The molecular weight excluding hydrogens is 164 g/mol. The lowest BCUT2D eigenvalue weighted by atomic mass is 10.0. The van der Waals surface area contributed by atoms with Crippen molar-refractivity contribution in [3.63, 3.8) is 0 Å². The minimum Gasteiger partial charge on any atom is -0.464 e. The van der Waals surface area contributed by atoms with Crippen LogP contribution in [0.5, 0.6) is 0 Å². The average Bonchev–Trinajstić information content (AvgIpc) is 1.88. The fourth-order valence-electron chi connectivity index (χ4n) is 0.441. The molecule has 0 fully saturated rings. The standard InChI is InChI=1S/C8H13ClO2/c1-5-11-7(10)8(4,9)6(2)3/h2,5H2,1,3-4H3. The zero-order valence-electron chi connectivity index (χ0n) is 7.11. The number of ether oxygens (including phenoxy) is 1. The van der Waals surface area contributed by atoms with E-state index in [2.05, 4.69) is 6.58 Å². The Kier molecular flexibility index (Phi) is 3.59. The van der Waals surface area contributed by atoms with E-state index in [1.165, 1.54) is 0 Å². The highest BCUT2D eigenvalue weighted by atomic mass is 35.5. The van der Waals surface area contributed by atoms with Gasteiger partial charge in [0.25, 0.3) is 0 Å². The molecule has 3 heteroatoms. The Morgan fingerprint density at radius 3 is 2.45 bits per heavy atom. The van der Waals surface area contributed by atoms with Crippen LogP contribution in [0.3, 0.4) is 0 Å². The van der Waals surface area contributed by atoms with Crippen LogP contribution in [0.15, 0.2) is 12.2 Å². The first kappa shape index (κ1) is 10.5. The number of carbonyl (C=O) groups is 1. The number of hydrogen-bond acceptors (Lipinski definition) is 2. The SMILES string of the molecule is C=C(C)C(C)(Cl)C(=O)OCC. The molecule has 0 aliphatic heterocycles. The van der Waals surface area contributed by atoms with Crippen LogP contribution in [0.25, 0.3) is 0 Å². The lowest BCUT2D eigenvalue weighted by Crippen LogP contribution is -2.31. The number of esters is 1. The van der Waals surface area contributed by atoms with Crippen LogP contribution in [0.1, 0.15) is 20.8 Å². The van der Waals surface area contributed by atoms with E-state index >= 15 is 0 Å². The summed E-state index contributed by atoms with van der Waals surface area (Å²) in [5.41, 5.74) is 0.595. The van der Waals surface area contributed by atoms with Crippen molar-refractivity contribution in [3.8, 4) is 0 Å². The first-order chi connectivity index (χ1) is 4.92. The van der Waals surface area contributed by atoms with Gasteiger partial charge in [-0.25, -0.2) is 4.79 Å². The van der Waals surface area contributed by atoms with E-state index in [4.69, 9.17) is 16.3 Å². The van der Waals surface area contributed by atoms with Crippen molar-refractivity contribution in [1.29, 1.82) is 0 Å². The Bertz CT molecular complexity index is 173. The van der Waals surface area contributed by atoms with Gasteiger partial charge in [-0.05, 0) is 26.3 Å². The van der Waals surface area contributed by atoms with Gasteiger partial charge in [0.1, 0.15) is 0 Å². The average molecular weight is 177 g/mol. The summed E-state index contributed by atoms with van der Waals surface area (Å²) in [5, 5.41) is 0. The van der Waals surface area contributed by atoms with E-state index in [0.717, 1.165) is 0 Å². The summed E-state index contributed by atoms with van der Waals surface area (Å²) in [7, 11) is 0. The molecule has 0 radical (unpaired) electrons. The van der Waals surface area contributed by atoms with Crippen molar-refractivity contribution < 1.29 is 9.53 Å². The predicted molar refractivity (Wildman–Crippen MR) is 45.7 cm³/mol. The molecule has 1 unspecified atom stereocenters. The van der Waals surface area contributed by atoms with E-state index in [0.29, 0.717) is 12.2 Å². The molecule has 0 saturated carbocycles. The predicted octanol–water partition coefficient (Wildman–Crippen LogP) is 2.12. The zero-order chi connectivity index (χ0) is 9.07. The van der Waals surface area contributed by atoms with E-state index in [9.17, 15) is 4.79 Å². The van der Waals surface area contributed by atoms with Gasteiger partial charge in [-0.15, -0.1) is 11.6 Å². The summed E-state index contributed by atoms with van der Waals surface area (Å²) in [6.45, 7) is 8.96. The number of alkyl halides is 1. The molecule has 0 amide bonds. The molecule has 11 heavy (non-hydrogen) atoms. The van der Waals surface area contributed by atoms with Gasteiger partial charge in [-0.2, -0.15) is 0 Å². The highest BCUT2D eigenvalue weighted by Gasteiger charge is 2.32. The fraction of sp³-hybridized carbons (Fsp3) is 0.625. The molecule has 1 atom stereocenters. The van der Waals surface area contributed by atoms with Crippen molar-refractivity contribution in [2.24, 2.45) is 0 Å². The van der Waals surface area contributed by atoms with Crippen LogP contribution in [0.2, 0.25) is 0 Å². The van der Waals surface area contributed by atoms with Gasteiger partial charge in [0.05, 0.1) is 6.61 Å². The minimum absolute atomic E-state index is 0.342. The highest BCUT2D eigenvalue weighted by molar-refractivity contribution is 6.35. The number of halogens is 1. The van der Waals surface area contributed by atoms with E-state index in [1.54, 1.807) is 20.8 Å². The molecule has 0 aromatic rings. The van der Waals surface area contributed by atoms with E-state index in [-0.39, 0.29) is 0 Å². The summed E-state index contributed by atoms with van der Waals surface area (Å²) in [4.78, 5) is 10.0. The number of carbonyl (C=O) groups excluding carboxylic acids is 1. The molecule has 0 aliphatic carbocycles. The molecule has 0 aromatic carbocycles. The molecule has 64 valence electrons. The van der Waals surface area contributed by atoms with Crippen molar-refractivity contribution in [1.82, 2.24) is 0 Å². The van der Waals surface area contributed by atoms with Crippen molar-refractivity contribution >= 4 is 17.6 Å². The molecule has 0 N–H and O–H groups in total. The molecule has 0 rings (SSSR count). The van der Waals surface area contributed by atoms with Crippen LogP contribution in [-0.2, 0) is 9.53 Å². The number of rotatable bonds is 3. The monoisotopic (exact) mass is 176 g/mol. The Hall–Kier alpha value is -0.500. The third kappa shape index (κ3) is 2.54. The molecule has 2 nitrogen and oxygen atoms in total. The summed E-state index contributed by atoms with van der Waals surface area (Å²) >= 11 is 5.83. The highest BCUT2D eigenvalue weighted by Crippen LogP contribution is 2.24. The van der Waals surface area contributed by atoms with Crippen LogP contribution in [-0.4, -0.2) is 17.5 Å². The van der Waals surface area contributed by atoms with Crippen LogP contribution >= 0.6 is 11.6 Å². The molecule has 0 aliphatic rings. The summed E-state index contributed by atoms with van der Waals surface area (Å²) in [5.74, 6) is -0.436. The van der Waals surface area contributed by atoms with E-state index < -0.39 is 10.8 Å². The minimum atomic E-state index is -1.07. The lowest BCUT2D eigenvalue weighted by molar-refractivity contribution is -0.144. The second-order valence-corrected chi connectivity index (χ2v) is 3.26. The molecule has 0 saturated heterocycles. The van der Waals surface area contributed by atoms with Gasteiger partial charge < -0.3 is 4.74 Å². The van der Waals surface area contributed by atoms with Gasteiger partial charge in [0, 0.05) is 0 Å². The molecule has 0 aromatic heterocycles. The third-order valence-electron chi connectivity index (χ3n) is 1.46. The number of hydrogen-bond donors (Lipinski definition) is 0. The summed E-state index contributed by atoms with van der Waals surface area (Å²) in [6.07, 6.45) is 0. The van der Waals surface area contributed by atoms with Crippen molar-refractivity contribution in [2.45, 2.75) is 25.6 Å². The first-order valence-electron chi connectivity index (χ1n) is 3.45. The third-order valence-corrected chi connectivity index (χ3v) is 1.94. The normalized spacial score (nSPS) is 15.3. The lowest BCUT2D eigenvalue weighted by Gasteiger charge is -2.19. The first-order valence-corrected chi connectivity index (χ1v) is 3.82. The second kappa shape index (κ2) is 3.77. The molecule has 0 heterocycles. The van der Waals surface area contributed by atoms with Crippen molar-refractivity contribution in [2.75, 3.05) is 6.61 Å². The summed E-state index contributed by atoms with van der Waals surface area (Å²) in [6, 6.07) is 0. The topological polar surface area (TPSA) is 26.3 Å². The van der Waals surface area contributed by atoms with Gasteiger partial charge in [0.15, 0.2) is 4.87 Å². The Morgan fingerprint density at radius 1 is 1.73 bits per heavy atom. The molecule has 0 spiro atoms. The molecular formula is C8H13ClO2. The van der Waals surface area contributed by atoms with E-state index in [1.807, 2.05) is 0 Å². The largest absolute Gasteiger partial charge is 0.464 e.